The van der Waals surface area contributed by atoms with Crippen LogP contribution in [0.4, 0.5) is 0 Å². The van der Waals surface area contributed by atoms with Crippen LogP contribution in [-0.4, -0.2) is 10.2 Å². The van der Waals surface area contributed by atoms with Gasteiger partial charge in [0.2, 0.25) is 0 Å². The first-order chi connectivity index (χ1) is 14.3. The first kappa shape index (κ1) is 18.7. The number of aromatic nitrogens is 1. The Bertz CT molecular complexity index is 963. The van der Waals surface area contributed by atoms with E-state index in [1.54, 1.807) is 0 Å². The summed E-state index contributed by atoms with van der Waals surface area (Å²) >= 11 is 2.02. The zero-order chi connectivity index (χ0) is 19.5. The standard InChI is InChI=1S/C27H27NS/c1-2-8-21(9-3-1)23-12-17-27(28-19-23)26(18-20-6-4-5-7-20)22-10-13-24(14-11-22)29-25-15-16-25/h1-3,8-14,17-20,25H,4-7,15-16H2/b26-18+. The number of hydrogen-bond acceptors (Lipinski definition) is 2. The van der Waals surface area contributed by atoms with Crippen LogP contribution in [0.3, 0.4) is 0 Å². The molecule has 0 unspecified atom stereocenters. The Balaban J connectivity index is 1.45. The van der Waals surface area contributed by atoms with E-state index in [1.807, 2.05) is 18.0 Å². The van der Waals surface area contributed by atoms with Crippen molar-refractivity contribution in [1.82, 2.24) is 4.98 Å². The molecule has 0 amide bonds. The van der Waals surface area contributed by atoms with Gasteiger partial charge < -0.3 is 0 Å². The summed E-state index contributed by atoms with van der Waals surface area (Å²) in [6, 6.07) is 24.1. The van der Waals surface area contributed by atoms with Gasteiger partial charge in [-0.25, -0.2) is 0 Å². The molecule has 1 aromatic heterocycles. The number of rotatable bonds is 6. The molecule has 0 N–H and O–H groups in total. The molecule has 2 aromatic carbocycles. The highest BCUT2D eigenvalue weighted by molar-refractivity contribution is 8.00. The Kier molecular flexibility index (Phi) is 5.53. The summed E-state index contributed by atoms with van der Waals surface area (Å²) in [5.41, 5.74) is 6.05. The molecular formula is C27H27NS. The first-order valence-electron chi connectivity index (χ1n) is 10.9. The van der Waals surface area contributed by atoms with Crippen molar-refractivity contribution in [3.8, 4) is 11.1 Å². The fraction of sp³-hybridized carbons (Fsp3) is 0.296. The van der Waals surface area contributed by atoms with Crippen molar-refractivity contribution in [2.24, 2.45) is 5.92 Å². The van der Waals surface area contributed by atoms with Crippen molar-refractivity contribution >= 4 is 17.3 Å². The third kappa shape index (κ3) is 4.64. The van der Waals surface area contributed by atoms with Crippen molar-refractivity contribution in [3.05, 3.63) is 90.3 Å². The maximum Gasteiger partial charge on any atom is 0.0705 e. The summed E-state index contributed by atoms with van der Waals surface area (Å²) in [6.45, 7) is 0. The topological polar surface area (TPSA) is 12.9 Å². The van der Waals surface area contributed by atoms with Crippen molar-refractivity contribution in [3.63, 3.8) is 0 Å². The Labute approximate surface area is 178 Å². The zero-order valence-electron chi connectivity index (χ0n) is 16.8. The summed E-state index contributed by atoms with van der Waals surface area (Å²) in [5, 5.41) is 0.849. The van der Waals surface area contributed by atoms with Crippen LogP contribution < -0.4 is 0 Å². The smallest absolute Gasteiger partial charge is 0.0705 e. The predicted molar refractivity (Wildman–Crippen MR) is 124 cm³/mol. The Morgan fingerprint density at radius 2 is 1.55 bits per heavy atom. The lowest BCUT2D eigenvalue weighted by Crippen LogP contribution is -1.97. The third-order valence-electron chi connectivity index (χ3n) is 5.94. The van der Waals surface area contributed by atoms with Gasteiger partial charge in [0.15, 0.2) is 0 Å². The van der Waals surface area contributed by atoms with Crippen molar-refractivity contribution in [1.29, 1.82) is 0 Å². The minimum absolute atomic E-state index is 0.682. The Hall–Kier alpha value is -2.32. The molecule has 0 spiro atoms. The van der Waals surface area contributed by atoms with Gasteiger partial charge in [0.05, 0.1) is 5.69 Å². The highest BCUT2D eigenvalue weighted by Gasteiger charge is 2.22. The summed E-state index contributed by atoms with van der Waals surface area (Å²) in [6.07, 6.45) is 12.6. The average Bonchev–Trinajstić information content (AvgIpc) is 3.44. The summed E-state index contributed by atoms with van der Waals surface area (Å²) < 4.78 is 0. The molecule has 2 aliphatic carbocycles. The maximum absolute atomic E-state index is 4.88. The lowest BCUT2D eigenvalue weighted by atomic mass is 9.95. The van der Waals surface area contributed by atoms with E-state index >= 15 is 0 Å². The minimum atomic E-state index is 0.682. The molecule has 0 saturated heterocycles. The van der Waals surface area contributed by atoms with E-state index in [0.29, 0.717) is 5.92 Å². The van der Waals surface area contributed by atoms with Crippen LogP contribution in [-0.2, 0) is 0 Å². The van der Waals surface area contributed by atoms with Crippen LogP contribution in [0.2, 0.25) is 0 Å². The summed E-state index contributed by atoms with van der Waals surface area (Å²) in [4.78, 5) is 6.27. The van der Waals surface area contributed by atoms with Crippen LogP contribution in [0.15, 0.2) is 83.9 Å². The number of thioether (sulfide) groups is 1. The normalized spacial score (nSPS) is 17.6. The molecule has 2 fully saturated rings. The molecule has 1 heterocycles. The van der Waals surface area contributed by atoms with E-state index in [0.717, 1.165) is 10.9 Å². The highest BCUT2D eigenvalue weighted by atomic mass is 32.2. The highest BCUT2D eigenvalue weighted by Crippen LogP contribution is 2.40. The van der Waals surface area contributed by atoms with Crippen molar-refractivity contribution < 1.29 is 0 Å². The number of hydrogen-bond donors (Lipinski definition) is 0. The third-order valence-corrected chi connectivity index (χ3v) is 7.29. The van der Waals surface area contributed by atoms with Gasteiger partial charge in [-0.1, -0.05) is 67.4 Å². The number of pyridine rings is 1. The Morgan fingerprint density at radius 1 is 0.793 bits per heavy atom. The zero-order valence-corrected chi connectivity index (χ0v) is 17.6. The summed E-state index contributed by atoms with van der Waals surface area (Å²) in [5.74, 6) is 0.682. The van der Waals surface area contributed by atoms with Crippen LogP contribution in [0.25, 0.3) is 16.7 Å². The van der Waals surface area contributed by atoms with Crippen LogP contribution >= 0.6 is 11.8 Å². The fourth-order valence-electron chi connectivity index (χ4n) is 4.14. The maximum atomic E-state index is 4.88. The molecule has 146 valence electrons. The molecular weight excluding hydrogens is 370 g/mol. The van der Waals surface area contributed by atoms with Gasteiger partial charge in [0.1, 0.15) is 0 Å². The van der Waals surface area contributed by atoms with Crippen LogP contribution in [0, 0.1) is 5.92 Å². The molecule has 29 heavy (non-hydrogen) atoms. The molecule has 0 aliphatic heterocycles. The first-order valence-corrected chi connectivity index (χ1v) is 11.7. The minimum Gasteiger partial charge on any atom is -0.256 e. The molecule has 2 aliphatic rings. The van der Waals surface area contributed by atoms with Crippen LogP contribution in [0.5, 0.6) is 0 Å². The van der Waals surface area contributed by atoms with Gasteiger partial charge >= 0.3 is 0 Å². The molecule has 5 rings (SSSR count). The predicted octanol–water partition coefficient (Wildman–Crippen LogP) is 7.63. The molecule has 0 bridgehead atoms. The van der Waals surface area contributed by atoms with E-state index < -0.39 is 0 Å². The van der Waals surface area contributed by atoms with Gasteiger partial charge in [-0.2, -0.15) is 0 Å². The quantitative estimate of drug-likeness (QED) is 0.424. The molecule has 1 nitrogen and oxygen atoms in total. The second-order valence-corrected chi connectivity index (χ2v) is 9.64. The lowest BCUT2D eigenvalue weighted by molar-refractivity contribution is 0.687. The van der Waals surface area contributed by atoms with E-state index in [2.05, 4.69) is 72.8 Å². The Morgan fingerprint density at radius 3 is 2.21 bits per heavy atom. The molecule has 2 heteroatoms. The average molecular weight is 398 g/mol. The van der Waals surface area contributed by atoms with Crippen molar-refractivity contribution in [2.45, 2.75) is 48.7 Å². The molecule has 0 atom stereocenters. The van der Waals surface area contributed by atoms with Gasteiger partial charge in [-0.05, 0) is 60.9 Å². The van der Waals surface area contributed by atoms with Gasteiger partial charge in [0.25, 0.3) is 0 Å². The van der Waals surface area contributed by atoms with E-state index in [-0.39, 0.29) is 0 Å². The largest absolute Gasteiger partial charge is 0.256 e. The number of nitrogens with zero attached hydrogens (tertiary/aromatic N) is 1. The molecule has 0 radical (unpaired) electrons. The molecule has 2 saturated carbocycles. The fourth-order valence-corrected chi connectivity index (χ4v) is 5.19. The molecule has 3 aromatic rings. The van der Waals surface area contributed by atoms with Crippen LogP contribution in [0.1, 0.15) is 49.8 Å². The van der Waals surface area contributed by atoms with Gasteiger partial charge in [0, 0.05) is 27.5 Å². The van der Waals surface area contributed by atoms with Gasteiger partial charge in [-0.15, -0.1) is 11.8 Å². The van der Waals surface area contributed by atoms with E-state index in [4.69, 9.17) is 4.98 Å². The lowest BCUT2D eigenvalue weighted by Gasteiger charge is -2.13. The second kappa shape index (κ2) is 8.59. The van der Waals surface area contributed by atoms with E-state index in [9.17, 15) is 0 Å². The van der Waals surface area contributed by atoms with Gasteiger partial charge in [-0.3, -0.25) is 4.98 Å². The van der Waals surface area contributed by atoms with E-state index in [1.165, 1.54) is 65.7 Å². The second-order valence-electron chi connectivity index (χ2n) is 8.26. The SMILES string of the molecule is C(=C(/c1ccc(SC2CC2)cc1)c1ccc(-c2ccccc2)cn1)/C1CCCC1. The van der Waals surface area contributed by atoms with Crippen molar-refractivity contribution in [2.75, 3.05) is 0 Å². The summed E-state index contributed by atoms with van der Waals surface area (Å²) in [7, 11) is 0. The number of benzene rings is 2. The monoisotopic (exact) mass is 397 g/mol. The number of allylic oxidation sites excluding steroid dienone is 1.